The van der Waals surface area contributed by atoms with Gasteiger partial charge in [-0.15, -0.1) is 11.6 Å². The monoisotopic (exact) mass is 273 g/mol. The topological polar surface area (TPSA) is 68.5 Å². The number of hydrogen-bond donors (Lipinski definition) is 1. The summed E-state index contributed by atoms with van der Waals surface area (Å²) in [5.41, 5.74) is 0.480. The Morgan fingerprint density at radius 2 is 2.35 bits per heavy atom. The lowest BCUT2D eigenvalue weighted by Crippen LogP contribution is -2.28. The van der Waals surface area contributed by atoms with Crippen LogP contribution in [0.3, 0.4) is 0 Å². The summed E-state index contributed by atoms with van der Waals surface area (Å²) in [6.45, 7) is 0.335. The second-order valence-electron chi connectivity index (χ2n) is 3.07. The molecule has 0 bridgehead atoms. The molecule has 0 saturated carbocycles. The van der Waals surface area contributed by atoms with Gasteiger partial charge in [0.25, 0.3) is 0 Å². The standard InChI is InChI=1S/C10H8ClNO4S/c11-3-4-12-9(13)15-6-1-2-7-8(5-6)17-10(14)16-7/h1-2,5H,3-4H2,(H,12,13). The zero-order valence-electron chi connectivity index (χ0n) is 8.57. The molecule has 0 fully saturated rings. The van der Waals surface area contributed by atoms with Gasteiger partial charge in [-0.3, -0.25) is 0 Å². The zero-order valence-corrected chi connectivity index (χ0v) is 10.1. The van der Waals surface area contributed by atoms with Crippen LogP contribution in [0.25, 0.3) is 10.3 Å². The fraction of sp³-hybridized carbons (Fsp3) is 0.200. The highest BCUT2D eigenvalue weighted by molar-refractivity contribution is 7.16. The van der Waals surface area contributed by atoms with Gasteiger partial charge in [0.05, 0.1) is 4.70 Å². The van der Waals surface area contributed by atoms with Crippen molar-refractivity contribution in [1.82, 2.24) is 5.32 Å². The molecule has 1 amide bonds. The van der Waals surface area contributed by atoms with E-state index in [2.05, 4.69) is 5.32 Å². The summed E-state index contributed by atoms with van der Waals surface area (Å²) < 4.78 is 10.5. The summed E-state index contributed by atoms with van der Waals surface area (Å²) in [5, 5.41) is 2.46. The molecule has 7 heteroatoms. The molecule has 0 saturated heterocycles. The average molecular weight is 274 g/mol. The number of halogens is 1. The van der Waals surface area contributed by atoms with Crippen LogP contribution in [0.1, 0.15) is 0 Å². The van der Waals surface area contributed by atoms with Crippen molar-refractivity contribution >= 4 is 39.3 Å². The predicted molar refractivity (Wildman–Crippen MR) is 65.1 cm³/mol. The lowest BCUT2D eigenvalue weighted by atomic mass is 10.3. The van der Waals surface area contributed by atoms with Gasteiger partial charge in [0.1, 0.15) is 11.3 Å². The van der Waals surface area contributed by atoms with Crippen molar-refractivity contribution in [3.63, 3.8) is 0 Å². The van der Waals surface area contributed by atoms with Crippen LogP contribution in [-0.4, -0.2) is 18.5 Å². The molecule has 0 radical (unpaired) electrons. The Morgan fingerprint density at radius 1 is 1.53 bits per heavy atom. The second-order valence-corrected chi connectivity index (χ2v) is 4.42. The van der Waals surface area contributed by atoms with Gasteiger partial charge in [0, 0.05) is 18.5 Å². The lowest BCUT2D eigenvalue weighted by Gasteiger charge is -2.04. The van der Waals surface area contributed by atoms with Crippen LogP contribution >= 0.6 is 22.9 Å². The number of ether oxygens (including phenoxy) is 1. The van der Waals surface area contributed by atoms with Crippen molar-refractivity contribution in [2.24, 2.45) is 0 Å². The molecule has 0 unspecified atom stereocenters. The normalized spacial score (nSPS) is 10.4. The number of nitrogens with one attached hydrogen (secondary N) is 1. The van der Waals surface area contributed by atoms with Crippen molar-refractivity contribution in [2.45, 2.75) is 0 Å². The van der Waals surface area contributed by atoms with Crippen LogP contribution in [0.15, 0.2) is 27.4 Å². The molecule has 0 aliphatic carbocycles. The number of carbonyl (C=O) groups is 1. The van der Waals surface area contributed by atoms with Gasteiger partial charge in [-0.1, -0.05) is 11.3 Å². The van der Waals surface area contributed by atoms with E-state index in [4.69, 9.17) is 20.8 Å². The van der Waals surface area contributed by atoms with E-state index in [0.29, 0.717) is 28.5 Å². The summed E-state index contributed by atoms with van der Waals surface area (Å²) in [4.78, 5) is 21.8. The molecule has 5 nitrogen and oxygen atoms in total. The molecular formula is C10H8ClNO4S. The number of carbonyl (C=O) groups excluding carboxylic acids is 1. The van der Waals surface area contributed by atoms with Crippen molar-refractivity contribution in [3.8, 4) is 5.75 Å². The van der Waals surface area contributed by atoms with E-state index in [9.17, 15) is 9.59 Å². The maximum Gasteiger partial charge on any atom is 0.412 e. The predicted octanol–water partition coefficient (Wildman–Crippen LogP) is 2.18. The Kier molecular flexibility index (Phi) is 3.65. The molecule has 17 heavy (non-hydrogen) atoms. The molecule has 1 N–H and O–H groups in total. The van der Waals surface area contributed by atoms with Crippen LogP contribution in [0.5, 0.6) is 5.75 Å². The lowest BCUT2D eigenvalue weighted by molar-refractivity contribution is 0.201. The fourth-order valence-corrected chi connectivity index (χ4v) is 2.00. The van der Waals surface area contributed by atoms with Crippen molar-refractivity contribution in [1.29, 1.82) is 0 Å². The van der Waals surface area contributed by atoms with Crippen LogP contribution in [0.2, 0.25) is 0 Å². The molecule has 1 aromatic heterocycles. The van der Waals surface area contributed by atoms with Gasteiger partial charge >= 0.3 is 11.0 Å². The maximum atomic E-state index is 11.2. The number of fused-ring (bicyclic) bond motifs is 1. The Balaban J connectivity index is 2.13. The van der Waals surface area contributed by atoms with Gasteiger partial charge in [-0.2, -0.15) is 0 Å². The highest BCUT2D eigenvalue weighted by Crippen LogP contribution is 2.22. The van der Waals surface area contributed by atoms with E-state index < -0.39 is 6.09 Å². The van der Waals surface area contributed by atoms with Gasteiger partial charge < -0.3 is 14.5 Å². The van der Waals surface area contributed by atoms with E-state index in [1.165, 1.54) is 0 Å². The van der Waals surface area contributed by atoms with Gasteiger partial charge in [0.2, 0.25) is 0 Å². The number of amides is 1. The van der Waals surface area contributed by atoms with Crippen LogP contribution in [-0.2, 0) is 0 Å². The summed E-state index contributed by atoms with van der Waals surface area (Å²) in [6.07, 6.45) is -0.583. The molecule has 1 aromatic carbocycles. The van der Waals surface area contributed by atoms with E-state index >= 15 is 0 Å². The van der Waals surface area contributed by atoms with E-state index in [1.54, 1.807) is 18.2 Å². The molecule has 0 aliphatic heterocycles. The molecular weight excluding hydrogens is 266 g/mol. The molecule has 90 valence electrons. The SMILES string of the molecule is O=C(NCCCl)Oc1ccc2oc(=O)sc2c1. The summed E-state index contributed by atoms with van der Waals surface area (Å²) in [6, 6.07) is 4.71. The van der Waals surface area contributed by atoms with Crippen LogP contribution in [0.4, 0.5) is 4.79 Å². The van der Waals surface area contributed by atoms with Gasteiger partial charge in [-0.05, 0) is 12.1 Å². The van der Waals surface area contributed by atoms with Crippen molar-refractivity contribution in [2.75, 3.05) is 12.4 Å². The Hall–Kier alpha value is -1.53. The Morgan fingerprint density at radius 3 is 3.12 bits per heavy atom. The van der Waals surface area contributed by atoms with Crippen LogP contribution in [0, 0.1) is 0 Å². The molecule has 0 spiro atoms. The third kappa shape index (κ3) is 2.98. The van der Waals surface area contributed by atoms with Crippen molar-refractivity contribution < 1.29 is 13.9 Å². The highest BCUT2D eigenvalue weighted by atomic mass is 35.5. The highest BCUT2D eigenvalue weighted by Gasteiger charge is 2.07. The number of benzene rings is 1. The third-order valence-electron chi connectivity index (χ3n) is 1.88. The third-order valence-corrected chi connectivity index (χ3v) is 2.85. The molecule has 0 atom stereocenters. The van der Waals surface area contributed by atoms with Crippen LogP contribution < -0.4 is 15.0 Å². The van der Waals surface area contributed by atoms with E-state index in [1.807, 2.05) is 0 Å². The van der Waals surface area contributed by atoms with E-state index in [0.717, 1.165) is 11.3 Å². The maximum absolute atomic E-state index is 11.2. The molecule has 2 rings (SSSR count). The van der Waals surface area contributed by atoms with Gasteiger partial charge in [0.15, 0.2) is 0 Å². The fourth-order valence-electron chi connectivity index (χ4n) is 1.21. The average Bonchev–Trinajstić information content (AvgIpc) is 2.65. The minimum absolute atomic E-state index is 0.317. The largest absolute Gasteiger partial charge is 0.414 e. The minimum atomic E-state index is -0.583. The number of hydrogen-bond acceptors (Lipinski definition) is 5. The molecule has 1 heterocycles. The molecule has 2 aromatic rings. The quantitative estimate of drug-likeness (QED) is 0.871. The summed E-state index contributed by atoms with van der Waals surface area (Å²) >= 11 is 6.37. The summed E-state index contributed by atoms with van der Waals surface area (Å²) in [5.74, 6) is 0.666. The van der Waals surface area contributed by atoms with Gasteiger partial charge in [-0.25, -0.2) is 9.59 Å². The number of alkyl halides is 1. The summed E-state index contributed by atoms with van der Waals surface area (Å²) in [7, 11) is 0. The molecule has 0 aliphatic rings. The zero-order chi connectivity index (χ0) is 12.3. The van der Waals surface area contributed by atoms with Crippen molar-refractivity contribution in [3.05, 3.63) is 27.9 Å². The second kappa shape index (κ2) is 5.20. The first-order valence-electron chi connectivity index (χ1n) is 4.74. The Labute approximate surface area is 105 Å². The number of rotatable bonds is 3. The minimum Gasteiger partial charge on any atom is -0.414 e. The first kappa shape index (κ1) is 11.9. The Bertz CT molecular complexity index is 591. The smallest absolute Gasteiger partial charge is 0.412 e. The first-order chi connectivity index (χ1) is 8.19. The van der Waals surface area contributed by atoms with E-state index in [-0.39, 0.29) is 4.94 Å². The first-order valence-corrected chi connectivity index (χ1v) is 6.09.